The van der Waals surface area contributed by atoms with Crippen LogP contribution in [-0.2, 0) is 14.3 Å². The van der Waals surface area contributed by atoms with Gasteiger partial charge in [0.05, 0.1) is 0 Å². The van der Waals surface area contributed by atoms with Crippen molar-refractivity contribution in [2.24, 2.45) is 4.99 Å². The topological polar surface area (TPSA) is 112 Å². The number of hydrogen-bond donors (Lipinski definition) is 2. The van der Waals surface area contributed by atoms with E-state index in [4.69, 9.17) is 9.47 Å². The van der Waals surface area contributed by atoms with Crippen molar-refractivity contribution in [3.63, 3.8) is 0 Å². The quantitative estimate of drug-likeness (QED) is 0.250. The molecule has 0 bridgehead atoms. The van der Waals surface area contributed by atoms with Gasteiger partial charge in [-0.15, -0.1) is 0 Å². The fourth-order valence-electron chi connectivity index (χ4n) is 3.85. The molecule has 0 saturated heterocycles. The minimum absolute atomic E-state index is 0.0826. The maximum Gasteiger partial charge on any atom is 0.407 e. The first-order valence-electron chi connectivity index (χ1n) is 10.8. The van der Waals surface area contributed by atoms with Crippen LogP contribution in [0.15, 0.2) is 66.2 Å². The third kappa shape index (κ3) is 6.12. The molecule has 1 atom stereocenters. The largest absolute Gasteiger partial charge is 0.599 e. The Morgan fingerprint density at radius 2 is 1.76 bits per heavy atom. The number of fused-ring (bicyclic) bond motifs is 3. The van der Waals surface area contributed by atoms with Crippen molar-refractivity contribution in [1.82, 2.24) is 10.6 Å². The van der Waals surface area contributed by atoms with Crippen molar-refractivity contribution in [3.05, 3.63) is 72.3 Å². The Hall–Kier alpha value is -3.81. The van der Waals surface area contributed by atoms with Gasteiger partial charge in [-0.05, 0) is 35.1 Å². The molecule has 3 rings (SSSR count). The lowest BCUT2D eigenvalue weighted by atomic mass is 9.98. The Bertz CT molecular complexity index is 975. The number of aliphatic imine (C=N–C) groups is 1. The lowest BCUT2D eigenvalue weighted by Gasteiger charge is -2.22. The minimum atomic E-state index is -0.906. The van der Waals surface area contributed by atoms with Crippen LogP contribution in [0.2, 0.25) is 0 Å². The molecular formula is C25H28N3O5-. The number of hydrogen-bond acceptors (Lipinski definition) is 6. The van der Waals surface area contributed by atoms with Crippen LogP contribution in [-0.4, -0.2) is 50.9 Å². The molecule has 0 unspecified atom stereocenters. The Morgan fingerprint density at radius 1 is 1.12 bits per heavy atom. The van der Waals surface area contributed by atoms with Gasteiger partial charge in [0, 0.05) is 26.1 Å². The van der Waals surface area contributed by atoms with Crippen LogP contribution in [0.1, 0.15) is 29.9 Å². The molecule has 0 fully saturated rings. The molecule has 0 spiro atoms. The summed E-state index contributed by atoms with van der Waals surface area (Å²) in [7, 11) is 1.48. The van der Waals surface area contributed by atoms with Crippen molar-refractivity contribution in [2.75, 3.05) is 26.8 Å². The van der Waals surface area contributed by atoms with Gasteiger partial charge in [-0.25, -0.2) is 4.79 Å². The average Bonchev–Trinajstić information content (AvgIpc) is 3.16. The molecular weight excluding hydrogens is 422 g/mol. The van der Waals surface area contributed by atoms with Gasteiger partial charge >= 0.3 is 6.09 Å². The summed E-state index contributed by atoms with van der Waals surface area (Å²) in [6, 6.07) is 15.2. The number of rotatable bonds is 10. The molecule has 0 radical (unpaired) electrons. The molecule has 33 heavy (non-hydrogen) atoms. The van der Waals surface area contributed by atoms with Crippen molar-refractivity contribution in [3.8, 4) is 11.1 Å². The average molecular weight is 451 g/mol. The number of benzene rings is 2. The standard InChI is InChI=1S/C25H29N3O5/c1-3-15-32-24(30)27-14-8-13-22(23(29)26-2)28-25(31)33-16-21-19-11-6-4-9-17(19)18-10-5-7-12-20(18)21/h3-7,9-12,21-22H,1,8,13-16H2,2H3,(H,26,29)(H,27,30)(H,28,31)/p-1/t22-/m1/s1. The van der Waals surface area contributed by atoms with Crippen molar-refractivity contribution in [1.29, 1.82) is 0 Å². The zero-order valence-electron chi connectivity index (χ0n) is 18.6. The highest BCUT2D eigenvalue weighted by Gasteiger charge is 2.27. The minimum Gasteiger partial charge on any atom is -0.599 e. The zero-order chi connectivity index (χ0) is 23.6. The Labute approximate surface area is 193 Å². The second-order valence-electron chi connectivity index (χ2n) is 7.52. The fraction of sp³-hybridized carbons (Fsp3) is 0.320. The van der Waals surface area contributed by atoms with Gasteiger partial charge in [0.2, 0.25) is 5.91 Å². The maximum atomic E-state index is 12.4. The molecule has 8 heteroatoms. The smallest absolute Gasteiger partial charge is 0.407 e. The van der Waals surface area contributed by atoms with Gasteiger partial charge in [-0.2, -0.15) is 0 Å². The molecule has 2 aromatic carbocycles. The molecule has 0 heterocycles. The van der Waals surface area contributed by atoms with Crippen LogP contribution in [0.5, 0.6) is 0 Å². The van der Waals surface area contributed by atoms with E-state index in [-0.39, 0.29) is 32.1 Å². The van der Waals surface area contributed by atoms with Crippen LogP contribution >= 0.6 is 0 Å². The van der Waals surface area contributed by atoms with E-state index >= 15 is 0 Å². The molecule has 2 N–H and O–H groups in total. The van der Waals surface area contributed by atoms with E-state index in [1.807, 2.05) is 36.4 Å². The number of alkyl carbamates (subject to hydrolysis) is 1. The molecule has 174 valence electrons. The summed E-state index contributed by atoms with van der Waals surface area (Å²) in [5.74, 6) is -0.474. The first-order valence-corrected chi connectivity index (χ1v) is 10.8. The van der Waals surface area contributed by atoms with Gasteiger partial charge in [-0.1, -0.05) is 61.2 Å². The molecule has 2 aromatic rings. The number of carbonyl (C=O) groups excluding carboxylic acids is 2. The van der Waals surface area contributed by atoms with Crippen LogP contribution in [0.4, 0.5) is 4.79 Å². The van der Waals surface area contributed by atoms with Crippen LogP contribution in [0.3, 0.4) is 0 Å². The maximum absolute atomic E-state index is 12.4. The first-order chi connectivity index (χ1) is 16.0. The number of carbonyl (C=O) groups is 2. The Morgan fingerprint density at radius 3 is 2.36 bits per heavy atom. The number of likely N-dealkylation sites (N-methyl/N-ethyl adjacent to an activating group) is 1. The summed E-state index contributed by atoms with van der Waals surface area (Å²) in [5.41, 5.74) is 4.47. The second kappa shape index (κ2) is 11.7. The van der Waals surface area contributed by atoms with E-state index in [2.05, 4.69) is 34.3 Å². The van der Waals surface area contributed by atoms with Crippen LogP contribution in [0.25, 0.3) is 11.1 Å². The van der Waals surface area contributed by atoms with Crippen molar-refractivity contribution in [2.45, 2.75) is 24.8 Å². The van der Waals surface area contributed by atoms with E-state index in [0.29, 0.717) is 6.42 Å². The summed E-state index contributed by atoms with van der Waals surface area (Å²) >= 11 is 0. The van der Waals surface area contributed by atoms with E-state index < -0.39 is 24.1 Å². The highest BCUT2D eigenvalue weighted by atomic mass is 16.6. The molecule has 8 nitrogen and oxygen atoms in total. The SMILES string of the molecule is C=CCOC(=O)NCCC[C@@H](N=C([O-])OCC1c2ccccc2-c2ccccc21)C(=O)NC. The van der Waals surface area contributed by atoms with Gasteiger partial charge in [-0.3, -0.25) is 9.79 Å². The lowest BCUT2D eigenvalue weighted by molar-refractivity contribution is -0.251. The predicted molar refractivity (Wildman–Crippen MR) is 124 cm³/mol. The first kappa shape index (κ1) is 23.8. The Kier molecular flexibility index (Phi) is 8.46. The number of nitrogens with zero attached hydrogens (tertiary/aromatic N) is 1. The van der Waals surface area contributed by atoms with E-state index in [1.165, 1.54) is 13.1 Å². The van der Waals surface area contributed by atoms with E-state index in [0.717, 1.165) is 22.3 Å². The molecule has 2 amide bonds. The number of amides is 2. The van der Waals surface area contributed by atoms with Crippen LogP contribution in [0, 0.1) is 0 Å². The summed E-state index contributed by atoms with van der Waals surface area (Å²) in [5, 5.41) is 17.5. The number of ether oxygens (including phenoxy) is 2. The lowest BCUT2D eigenvalue weighted by Crippen LogP contribution is -2.35. The third-order valence-corrected chi connectivity index (χ3v) is 5.40. The summed E-state index contributed by atoms with van der Waals surface area (Å²) < 4.78 is 10.3. The molecule has 0 aliphatic heterocycles. The van der Waals surface area contributed by atoms with Gasteiger partial charge in [0.1, 0.15) is 18.7 Å². The summed E-state index contributed by atoms with van der Waals surface area (Å²) in [6.45, 7) is 3.99. The fourth-order valence-corrected chi connectivity index (χ4v) is 3.85. The Balaban J connectivity index is 1.59. The second-order valence-corrected chi connectivity index (χ2v) is 7.52. The normalized spacial score (nSPS) is 13.4. The summed E-state index contributed by atoms with van der Waals surface area (Å²) in [6.07, 6.45) is 0.810. The third-order valence-electron chi connectivity index (χ3n) is 5.40. The van der Waals surface area contributed by atoms with Crippen molar-refractivity contribution >= 4 is 18.1 Å². The molecule has 1 aliphatic carbocycles. The summed E-state index contributed by atoms with van der Waals surface area (Å²) in [4.78, 5) is 27.6. The van der Waals surface area contributed by atoms with Gasteiger partial charge < -0.3 is 25.2 Å². The van der Waals surface area contributed by atoms with Gasteiger partial charge in [0.25, 0.3) is 0 Å². The number of nitrogens with one attached hydrogen (secondary N) is 2. The monoisotopic (exact) mass is 450 g/mol. The van der Waals surface area contributed by atoms with Gasteiger partial charge in [0.15, 0.2) is 0 Å². The van der Waals surface area contributed by atoms with E-state index in [9.17, 15) is 14.7 Å². The van der Waals surface area contributed by atoms with Crippen LogP contribution < -0.4 is 15.7 Å². The molecule has 1 aliphatic rings. The molecule has 0 aromatic heterocycles. The highest BCUT2D eigenvalue weighted by Crippen LogP contribution is 2.44. The van der Waals surface area contributed by atoms with E-state index in [1.54, 1.807) is 0 Å². The molecule has 0 saturated carbocycles. The zero-order valence-corrected chi connectivity index (χ0v) is 18.6. The highest BCUT2D eigenvalue weighted by molar-refractivity contribution is 5.83. The van der Waals surface area contributed by atoms with Crippen molar-refractivity contribution < 1.29 is 24.2 Å². The predicted octanol–water partition coefficient (Wildman–Crippen LogP) is 2.34.